The maximum absolute atomic E-state index is 6.59. The lowest BCUT2D eigenvalue weighted by molar-refractivity contribution is 0.839. The average Bonchev–Trinajstić information content (AvgIpc) is 2.39. The average molecular weight is 444 g/mol. The van der Waals surface area contributed by atoms with E-state index in [9.17, 15) is 0 Å². The molecule has 0 aliphatic heterocycles. The van der Waals surface area contributed by atoms with Crippen molar-refractivity contribution in [2.75, 3.05) is 0 Å². The molecule has 0 saturated carbocycles. The molecule has 0 saturated heterocycles. The second kappa shape index (κ2) is 6.16. The predicted molar refractivity (Wildman–Crippen MR) is 98.3 cm³/mol. The molecule has 1 nitrogen and oxygen atoms in total. The van der Waals surface area contributed by atoms with Gasteiger partial charge in [0.05, 0.1) is 6.04 Å². The first kappa shape index (κ1) is 16.0. The number of hydrogen-bond acceptors (Lipinski definition) is 1. The zero-order valence-electron chi connectivity index (χ0n) is 12.2. The molecular weight excluding hydrogens is 425 g/mol. The van der Waals surface area contributed by atoms with E-state index in [1.807, 2.05) is 0 Å². The fourth-order valence-electron chi connectivity index (χ4n) is 2.62. The van der Waals surface area contributed by atoms with Crippen LogP contribution in [0.5, 0.6) is 0 Å². The van der Waals surface area contributed by atoms with Crippen molar-refractivity contribution in [2.24, 2.45) is 5.73 Å². The first-order valence-electron chi connectivity index (χ1n) is 6.60. The maximum Gasteiger partial charge on any atom is 0.0568 e. The molecule has 3 heteroatoms. The van der Waals surface area contributed by atoms with Crippen molar-refractivity contribution in [1.29, 1.82) is 0 Å². The summed E-state index contributed by atoms with van der Waals surface area (Å²) in [5.41, 5.74) is 14.2. The molecule has 0 heterocycles. The Bertz CT molecular complexity index is 638. The van der Waals surface area contributed by atoms with Gasteiger partial charge in [0.2, 0.25) is 0 Å². The number of halogens is 2. The monoisotopic (exact) mass is 443 g/mol. The summed E-state index contributed by atoms with van der Waals surface area (Å²) in [5.74, 6) is 0. The Labute approximate surface area is 143 Å². The lowest BCUT2D eigenvalue weighted by Gasteiger charge is -2.22. The van der Waals surface area contributed by atoms with Crippen molar-refractivity contribution >= 4 is 38.5 Å². The van der Waals surface area contributed by atoms with Crippen LogP contribution in [0.25, 0.3) is 0 Å². The summed E-state index contributed by atoms with van der Waals surface area (Å²) in [6.07, 6.45) is 0. The number of nitrogens with two attached hydrogens (primary N) is 1. The Morgan fingerprint density at radius 2 is 1.55 bits per heavy atom. The Balaban J connectivity index is 2.65. The standard InChI is InChI=1S/C17H19BrIN/c1-9-7-10(2)12(4)16(11(9)3)17(20)14-8-13(19)5-6-15(14)18/h5-8,17H,20H2,1-4H3. The van der Waals surface area contributed by atoms with Gasteiger partial charge in [-0.2, -0.15) is 0 Å². The van der Waals surface area contributed by atoms with Crippen molar-refractivity contribution in [2.45, 2.75) is 33.7 Å². The Morgan fingerprint density at radius 1 is 1.00 bits per heavy atom. The minimum atomic E-state index is -0.0994. The van der Waals surface area contributed by atoms with E-state index in [1.54, 1.807) is 0 Å². The predicted octanol–water partition coefficient (Wildman–Crippen LogP) is 5.34. The van der Waals surface area contributed by atoms with Gasteiger partial charge in [-0.1, -0.05) is 22.0 Å². The summed E-state index contributed by atoms with van der Waals surface area (Å²) in [5, 5.41) is 0. The summed E-state index contributed by atoms with van der Waals surface area (Å²) in [7, 11) is 0. The third-order valence-electron chi connectivity index (χ3n) is 4.03. The van der Waals surface area contributed by atoms with Crippen LogP contribution in [0.3, 0.4) is 0 Å². The van der Waals surface area contributed by atoms with Crippen LogP contribution in [-0.2, 0) is 0 Å². The molecule has 2 aromatic carbocycles. The van der Waals surface area contributed by atoms with E-state index < -0.39 is 0 Å². The highest BCUT2D eigenvalue weighted by Gasteiger charge is 2.19. The van der Waals surface area contributed by atoms with Crippen LogP contribution in [0.15, 0.2) is 28.7 Å². The lowest BCUT2D eigenvalue weighted by atomic mass is 9.87. The molecule has 106 valence electrons. The fourth-order valence-corrected chi connectivity index (χ4v) is 3.63. The number of benzene rings is 2. The van der Waals surface area contributed by atoms with Gasteiger partial charge in [-0.25, -0.2) is 0 Å². The van der Waals surface area contributed by atoms with Crippen LogP contribution in [0.4, 0.5) is 0 Å². The van der Waals surface area contributed by atoms with Gasteiger partial charge in [0.25, 0.3) is 0 Å². The van der Waals surface area contributed by atoms with Gasteiger partial charge in [0.1, 0.15) is 0 Å². The highest BCUT2D eigenvalue weighted by atomic mass is 127. The Kier molecular flexibility index (Phi) is 4.92. The van der Waals surface area contributed by atoms with E-state index in [4.69, 9.17) is 5.73 Å². The molecule has 0 aromatic heterocycles. The van der Waals surface area contributed by atoms with Crippen molar-refractivity contribution in [3.8, 4) is 0 Å². The molecule has 1 unspecified atom stereocenters. The fraction of sp³-hybridized carbons (Fsp3) is 0.294. The van der Waals surface area contributed by atoms with Gasteiger partial charge in [-0.05, 0) is 102 Å². The van der Waals surface area contributed by atoms with Gasteiger partial charge in [0, 0.05) is 8.04 Å². The molecule has 2 N–H and O–H groups in total. The van der Waals surface area contributed by atoms with Crippen LogP contribution in [0, 0.1) is 31.3 Å². The molecular formula is C17H19BrIN. The molecule has 0 radical (unpaired) electrons. The Hall–Kier alpha value is -0.390. The number of hydrogen-bond donors (Lipinski definition) is 1. The van der Waals surface area contributed by atoms with Crippen LogP contribution in [0.2, 0.25) is 0 Å². The van der Waals surface area contributed by atoms with Crippen molar-refractivity contribution in [1.82, 2.24) is 0 Å². The third kappa shape index (κ3) is 2.95. The summed E-state index contributed by atoms with van der Waals surface area (Å²) in [6.45, 7) is 8.64. The highest BCUT2D eigenvalue weighted by Crippen LogP contribution is 2.33. The molecule has 0 amide bonds. The quantitative estimate of drug-likeness (QED) is 0.623. The van der Waals surface area contributed by atoms with Crippen molar-refractivity contribution in [3.63, 3.8) is 0 Å². The molecule has 0 aliphatic rings. The van der Waals surface area contributed by atoms with E-state index in [-0.39, 0.29) is 6.04 Å². The van der Waals surface area contributed by atoms with Gasteiger partial charge in [-0.15, -0.1) is 0 Å². The highest BCUT2D eigenvalue weighted by molar-refractivity contribution is 14.1. The third-order valence-corrected chi connectivity index (χ3v) is 5.42. The topological polar surface area (TPSA) is 26.0 Å². The number of rotatable bonds is 2. The van der Waals surface area contributed by atoms with Crippen LogP contribution in [0.1, 0.15) is 39.4 Å². The molecule has 20 heavy (non-hydrogen) atoms. The molecule has 0 fully saturated rings. The molecule has 0 spiro atoms. The number of aryl methyl sites for hydroxylation is 2. The first-order valence-corrected chi connectivity index (χ1v) is 8.48. The lowest BCUT2D eigenvalue weighted by Crippen LogP contribution is -2.17. The minimum absolute atomic E-state index is 0.0994. The van der Waals surface area contributed by atoms with Gasteiger partial charge in [0.15, 0.2) is 0 Å². The van der Waals surface area contributed by atoms with Crippen molar-refractivity contribution < 1.29 is 0 Å². The van der Waals surface area contributed by atoms with E-state index in [1.165, 1.54) is 31.4 Å². The SMILES string of the molecule is Cc1cc(C)c(C)c(C(N)c2cc(I)ccc2Br)c1C. The zero-order chi connectivity index (χ0) is 15.0. The first-order chi connectivity index (χ1) is 9.32. The van der Waals surface area contributed by atoms with Gasteiger partial charge < -0.3 is 5.73 Å². The molecule has 0 aliphatic carbocycles. The second-order valence-electron chi connectivity index (χ2n) is 5.32. The smallest absolute Gasteiger partial charge is 0.0568 e. The van der Waals surface area contributed by atoms with Crippen LogP contribution in [-0.4, -0.2) is 0 Å². The van der Waals surface area contributed by atoms with Crippen molar-refractivity contribution in [3.05, 3.63) is 65.7 Å². The second-order valence-corrected chi connectivity index (χ2v) is 7.42. The van der Waals surface area contributed by atoms with E-state index in [0.29, 0.717) is 0 Å². The minimum Gasteiger partial charge on any atom is -0.320 e. The molecule has 1 atom stereocenters. The molecule has 0 bridgehead atoms. The van der Waals surface area contributed by atoms with Gasteiger partial charge >= 0.3 is 0 Å². The largest absolute Gasteiger partial charge is 0.320 e. The van der Waals surface area contributed by atoms with E-state index in [0.717, 1.165) is 10.0 Å². The van der Waals surface area contributed by atoms with E-state index >= 15 is 0 Å². The van der Waals surface area contributed by atoms with Gasteiger partial charge in [-0.3, -0.25) is 0 Å². The van der Waals surface area contributed by atoms with Crippen LogP contribution < -0.4 is 5.73 Å². The summed E-state index contributed by atoms with van der Waals surface area (Å²) >= 11 is 5.96. The summed E-state index contributed by atoms with van der Waals surface area (Å²) in [4.78, 5) is 0. The maximum atomic E-state index is 6.59. The molecule has 2 rings (SSSR count). The normalized spacial score (nSPS) is 12.6. The van der Waals surface area contributed by atoms with E-state index in [2.05, 4.69) is 90.5 Å². The molecule has 2 aromatic rings. The zero-order valence-corrected chi connectivity index (χ0v) is 16.0. The summed E-state index contributed by atoms with van der Waals surface area (Å²) < 4.78 is 2.28. The summed E-state index contributed by atoms with van der Waals surface area (Å²) in [6, 6.07) is 8.46. The van der Waals surface area contributed by atoms with Crippen LogP contribution >= 0.6 is 38.5 Å². The Morgan fingerprint density at radius 3 is 2.10 bits per heavy atom.